The number of benzene rings is 2. The first-order valence-electron chi connectivity index (χ1n) is 6.02. The fourth-order valence-electron chi connectivity index (χ4n) is 1.82. The summed E-state index contributed by atoms with van der Waals surface area (Å²) in [5.74, 6) is 0. The lowest BCUT2D eigenvalue weighted by molar-refractivity contribution is 1.59. The predicted octanol–water partition coefficient (Wildman–Crippen LogP) is 5.11. The summed E-state index contributed by atoms with van der Waals surface area (Å²) in [5, 5.41) is 0. The third-order valence-corrected chi connectivity index (χ3v) is 2.68. The fraction of sp³-hybridized carbons (Fsp3) is 0. The Morgan fingerprint density at radius 2 is 1.44 bits per heavy atom. The molecule has 2 aromatic carbocycles. The first-order valence-corrected chi connectivity index (χ1v) is 6.02. The number of hydrogen-bond donors (Lipinski definition) is 0. The van der Waals surface area contributed by atoms with Crippen LogP contribution in [0, 0.1) is 0 Å². The minimum atomic E-state index is 1.22. The molecular weight excluding hydrogens is 216 g/mol. The maximum absolute atomic E-state index is 3.65. The van der Waals surface area contributed by atoms with E-state index in [2.05, 4.69) is 61.2 Å². The molecule has 0 aromatic heterocycles. The molecule has 0 spiro atoms. The zero-order chi connectivity index (χ0) is 12.6. The van der Waals surface area contributed by atoms with Crippen LogP contribution in [0.1, 0.15) is 5.56 Å². The topological polar surface area (TPSA) is 0 Å². The van der Waals surface area contributed by atoms with E-state index in [1.165, 1.54) is 16.7 Å². The molecule has 0 nitrogen and oxygen atoms in total. The third kappa shape index (κ3) is 3.08. The minimum absolute atomic E-state index is 1.22. The van der Waals surface area contributed by atoms with Gasteiger partial charge in [-0.25, -0.2) is 0 Å². The average Bonchev–Trinajstić information content (AvgIpc) is 2.45. The van der Waals surface area contributed by atoms with Crippen LogP contribution in [-0.2, 0) is 0 Å². The van der Waals surface area contributed by atoms with Crippen LogP contribution >= 0.6 is 0 Å². The van der Waals surface area contributed by atoms with Gasteiger partial charge in [-0.3, -0.25) is 0 Å². The van der Waals surface area contributed by atoms with Gasteiger partial charge < -0.3 is 0 Å². The highest BCUT2D eigenvalue weighted by Gasteiger charge is 2.00. The highest BCUT2D eigenvalue weighted by Crippen LogP contribution is 2.24. The van der Waals surface area contributed by atoms with E-state index in [4.69, 9.17) is 0 Å². The number of allylic oxidation sites excluding steroid dienone is 4. The second kappa shape index (κ2) is 6.41. The van der Waals surface area contributed by atoms with Gasteiger partial charge in [0.1, 0.15) is 0 Å². The summed E-state index contributed by atoms with van der Waals surface area (Å²) in [5.41, 5.74) is 3.71. The third-order valence-electron chi connectivity index (χ3n) is 2.68. The zero-order valence-electron chi connectivity index (χ0n) is 10.3. The van der Waals surface area contributed by atoms with Crippen molar-refractivity contribution < 1.29 is 0 Å². The van der Waals surface area contributed by atoms with E-state index in [9.17, 15) is 0 Å². The Balaban J connectivity index is 2.35. The van der Waals surface area contributed by atoms with Crippen LogP contribution in [0.3, 0.4) is 0 Å². The maximum atomic E-state index is 3.65. The van der Waals surface area contributed by atoms with E-state index in [-0.39, 0.29) is 0 Å². The Hall–Kier alpha value is -2.34. The van der Waals surface area contributed by atoms with E-state index in [1.54, 1.807) is 6.08 Å². The van der Waals surface area contributed by atoms with Gasteiger partial charge in [0, 0.05) is 0 Å². The van der Waals surface area contributed by atoms with Crippen molar-refractivity contribution in [3.05, 3.63) is 91.0 Å². The second-order valence-corrected chi connectivity index (χ2v) is 3.93. The summed E-state index contributed by atoms with van der Waals surface area (Å²) < 4.78 is 0. The molecule has 0 heterocycles. The number of hydrogen-bond acceptors (Lipinski definition) is 0. The molecule has 0 aliphatic heterocycles. The summed E-state index contributed by atoms with van der Waals surface area (Å²) >= 11 is 0. The van der Waals surface area contributed by atoms with Gasteiger partial charge in [-0.1, -0.05) is 91.6 Å². The first-order chi connectivity index (χ1) is 8.92. The number of rotatable bonds is 4. The van der Waals surface area contributed by atoms with E-state index >= 15 is 0 Å². The minimum Gasteiger partial charge on any atom is -0.0991 e. The molecular formula is C18H16. The van der Waals surface area contributed by atoms with Crippen molar-refractivity contribution in [2.45, 2.75) is 0 Å². The van der Waals surface area contributed by atoms with Crippen LogP contribution < -0.4 is 0 Å². The van der Waals surface area contributed by atoms with E-state index in [0.29, 0.717) is 0 Å². The van der Waals surface area contributed by atoms with Crippen LogP contribution in [0.2, 0.25) is 0 Å². The van der Waals surface area contributed by atoms with Gasteiger partial charge >= 0.3 is 0 Å². The average molecular weight is 232 g/mol. The molecule has 88 valence electrons. The van der Waals surface area contributed by atoms with E-state index in [1.807, 2.05) is 24.3 Å². The summed E-state index contributed by atoms with van der Waals surface area (Å²) in [4.78, 5) is 0. The van der Waals surface area contributed by atoms with Crippen molar-refractivity contribution in [2.75, 3.05) is 0 Å². The molecule has 0 saturated heterocycles. The van der Waals surface area contributed by atoms with Crippen molar-refractivity contribution in [3.63, 3.8) is 0 Å². The normalized spacial score (nSPS) is 11.1. The molecule has 0 atom stereocenters. The molecule has 0 radical (unpaired) electrons. The molecule has 2 aromatic rings. The van der Waals surface area contributed by atoms with Crippen LogP contribution in [0.25, 0.3) is 17.2 Å². The summed E-state index contributed by atoms with van der Waals surface area (Å²) in [6.07, 6.45) is 9.82. The largest absolute Gasteiger partial charge is 0.0991 e. The monoisotopic (exact) mass is 232 g/mol. The maximum Gasteiger partial charge on any atom is -0.0111 e. The van der Waals surface area contributed by atoms with Gasteiger partial charge in [0.25, 0.3) is 0 Å². The van der Waals surface area contributed by atoms with Gasteiger partial charge in [0.15, 0.2) is 0 Å². The second-order valence-electron chi connectivity index (χ2n) is 3.93. The fourth-order valence-corrected chi connectivity index (χ4v) is 1.82. The molecule has 18 heavy (non-hydrogen) atoms. The Labute approximate surface area is 109 Å². The lowest BCUT2D eigenvalue weighted by Crippen LogP contribution is -1.81. The van der Waals surface area contributed by atoms with Crippen molar-refractivity contribution in [3.8, 4) is 11.1 Å². The Morgan fingerprint density at radius 3 is 2.22 bits per heavy atom. The lowest BCUT2D eigenvalue weighted by atomic mass is 9.99. The molecule has 0 aliphatic rings. The van der Waals surface area contributed by atoms with Crippen LogP contribution in [-0.4, -0.2) is 0 Å². The Bertz CT molecular complexity index is 560. The molecule has 0 heteroatoms. The van der Waals surface area contributed by atoms with Crippen LogP contribution in [0.5, 0.6) is 0 Å². The van der Waals surface area contributed by atoms with Crippen molar-refractivity contribution >= 4 is 6.08 Å². The predicted molar refractivity (Wildman–Crippen MR) is 80.2 cm³/mol. The van der Waals surface area contributed by atoms with Crippen LogP contribution in [0.15, 0.2) is 85.5 Å². The Morgan fingerprint density at radius 1 is 0.722 bits per heavy atom. The van der Waals surface area contributed by atoms with Crippen molar-refractivity contribution in [1.29, 1.82) is 0 Å². The van der Waals surface area contributed by atoms with Gasteiger partial charge in [-0.15, -0.1) is 0 Å². The molecule has 0 aliphatic carbocycles. The molecule has 2 rings (SSSR count). The van der Waals surface area contributed by atoms with E-state index in [0.717, 1.165) is 0 Å². The van der Waals surface area contributed by atoms with Gasteiger partial charge in [-0.05, 0) is 16.7 Å². The van der Waals surface area contributed by atoms with Crippen molar-refractivity contribution in [1.82, 2.24) is 0 Å². The molecule has 0 N–H and O–H groups in total. The first kappa shape index (κ1) is 12.1. The standard InChI is InChI=1S/C18H16/c1-2-3-4-6-11-17-14-9-10-15-18(17)16-12-7-5-8-13-16/h2-15H,1H2. The van der Waals surface area contributed by atoms with Gasteiger partial charge in [0.05, 0.1) is 0 Å². The molecule has 0 unspecified atom stereocenters. The van der Waals surface area contributed by atoms with Gasteiger partial charge in [0.2, 0.25) is 0 Å². The zero-order valence-corrected chi connectivity index (χ0v) is 10.3. The smallest absolute Gasteiger partial charge is 0.0111 e. The summed E-state index contributed by atoms with van der Waals surface area (Å²) in [6.45, 7) is 3.65. The highest BCUT2D eigenvalue weighted by atomic mass is 14.0. The lowest BCUT2D eigenvalue weighted by Gasteiger charge is -2.05. The quantitative estimate of drug-likeness (QED) is 0.643. The SMILES string of the molecule is C=CC=CC=Cc1ccccc1-c1ccccc1. The van der Waals surface area contributed by atoms with E-state index < -0.39 is 0 Å². The summed E-state index contributed by atoms with van der Waals surface area (Å²) in [6, 6.07) is 18.8. The molecule has 0 amide bonds. The Kier molecular flexibility index (Phi) is 4.32. The van der Waals surface area contributed by atoms with Crippen molar-refractivity contribution in [2.24, 2.45) is 0 Å². The highest BCUT2D eigenvalue weighted by molar-refractivity contribution is 5.75. The van der Waals surface area contributed by atoms with Crippen LogP contribution in [0.4, 0.5) is 0 Å². The molecule has 0 saturated carbocycles. The summed E-state index contributed by atoms with van der Waals surface area (Å²) in [7, 11) is 0. The molecule has 0 fully saturated rings. The molecule has 0 bridgehead atoms. The van der Waals surface area contributed by atoms with Gasteiger partial charge in [-0.2, -0.15) is 0 Å².